The fourth-order valence-corrected chi connectivity index (χ4v) is 3.26. The highest BCUT2D eigenvalue weighted by Gasteiger charge is 2.21. The molecule has 94 valence electrons. The first-order valence-electron chi connectivity index (χ1n) is 6.92. The Morgan fingerprint density at radius 3 is 2.82 bits per heavy atom. The molecule has 1 aliphatic carbocycles. The predicted octanol–water partition coefficient (Wildman–Crippen LogP) is 3.90. The molecular weight excluding hydrogens is 208 g/mol. The summed E-state index contributed by atoms with van der Waals surface area (Å²) in [5, 5.41) is 9.45. The van der Waals surface area contributed by atoms with E-state index in [2.05, 4.69) is 31.2 Å². The van der Waals surface area contributed by atoms with Crippen LogP contribution in [0, 0.1) is 5.92 Å². The van der Waals surface area contributed by atoms with Gasteiger partial charge in [-0.2, -0.15) is 0 Å². The van der Waals surface area contributed by atoms with Gasteiger partial charge in [0.15, 0.2) is 0 Å². The number of aryl methyl sites for hydroxylation is 1. The van der Waals surface area contributed by atoms with Crippen LogP contribution in [-0.2, 0) is 6.42 Å². The van der Waals surface area contributed by atoms with Crippen LogP contribution in [0.2, 0.25) is 0 Å². The summed E-state index contributed by atoms with van der Waals surface area (Å²) < 4.78 is 0. The van der Waals surface area contributed by atoms with Crippen molar-refractivity contribution >= 4 is 0 Å². The second-order valence-corrected chi connectivity index (χ2v) is 5.71. The van der Waals surface area contributed by atoms with Crippen LogP contribution in [-0.4, -0.2) is 11.2 Å². The van der Waals surface area contributed by atoms with E-state index in [0.29, 0.717) is 11.8 Å². The fourth-order valence-electron chi connectivity index (χ4n) is 3.26. The summed E-state index contributed by atoms with van der Waals surface area (Å²) in [6.45, 7) is 4.16. The molecule has 1 nitrogen and oxygen atoms in total. The highest BCUT2D eigenvalue weighted by Crippen LogP contribution is 2.36. The molecule has 3 atom stereocenters. The minimum atomic E-state index is -0.163. The first-order chi connectivity index (χ1) is 8.16. The second kappa shape index (κ2) is 5.68. The van der Waals surface area contributed by atoms with Crippen molar-refractivity contribution in [2.45, 2.75) is 58.0 Å². The molecule has 0 bridgehead atoms. The van der Waals surface area contributed by atoms with E-state index in [9.17, 15) is 5.11 Å². The first kappa shape index (κ1) is 12.6. The van der Waals surface area contributed by atoms with Crippen molar-refractivity contribution in [1.82, 2.24) is 0 Å². The van der Waals surface area contributed by atoms with Crippen LogP contribution in [0.4, 0.5) is 0 Å². The average Bonchev–Trinajstić information content (AvgIpc) is 2.28. The maximum Gasteiger partial charge on any atom is 0.0514 e. The number of fused-ring (bicyclic) bond motifs is 1. The quantitative estimate of drug-likeness (QED) is 0.834. The molecule has 0 saturated carbocycles. The van der Waals surface area contributed by atoms with E-state index in [1.54, 1.807) is 11.1 Å². The van der Waals surface area contributed by atoms with E-state index in [0.717, 1.165) is 6.42 Å². The van der Waals surface area contributed by atoms with Crippen LogP contribution in [0.3, 0.4) is 0 Å². The molecule has 3 unspecified atom stereocenters. The maximum atomic E-state index is 9.45. The molecule has 0 aliphatic heterocycles. The van der Waals surface area contributed by atoms with Crippen LogP contribution < -0.4 is 0 Å². The summed E-state index contributed by atoms with van der Waals surface area (Å²) in [6, 6.07) is 8.89. The van der Waals surface area contributed by atoms with Crippen molar-refractivity contribution < 1.29 is 5.11 Å². The van der Waals surface area contributed by atoms with Gasteiger partial charge in [-0.3, -0.25) is 0 Å². The maximum absolute atomic E-state index is 9.45. The minimum absolute atomic E-state index is 0.163. The molecule has 1 N–H and O–H groups in total. The summed E-state index contributed by atoms with van der Waals surface area (Å²) in [5.41, 5.74) is 3.11. The van der Waals surface area contributed by atoms with Crippen LogP contribution in [0.15, 0.2) is 24.3 Å². The van der Waals surface area contributed by atoms with Crippen molar-refractivity contribution in [2.75, 3.05) is 0 Å². The van der Waals surface area contributed by atoms with Crippen molar-refractivity contribution in [3.63, 3.8) is 0 Å². The lowest BCUT2D eigenvalue weighted by atomic mass is 9.78. The lowest BCUT2D eigenvalue weighted by Gasteiger charge is -2.28. The normalized spacial score (nSPS) is 22.9. The Bertz CT molecular complexity index is 356. The number of hydrogen-bond donors (Lipinski definition) is 1. The summed E-state index contributed by atoms with van der Waals surface area (Å²) in [4.78, 5) is 0. The van der Waals surface area contributed by atoms with E-state index < -0.39 is 0 Å². The van der Waals surface area contributed by atoms with Gasteiger partial charge in [0.25, 0.3) is 0 Å². The highest BCUT2D eigenvalue weighted by molar-refractivity contribution is 5.32. The van der Waals surface area contributed by atoms with E-state index in [1.807, 2.05) is 6.92 Å². The van der Waals surface area contributed by atoms with Gasteiger partial charge < -0.3 is 5.11 Å². The molecule has 1 aliphatic rings. The van der Waals surface area contributed by atoms with Gasteiger partial charge >= 0.3 is 0 Å². The molecule has 0 heterocycles. The zero-order valence-corrected chi connectivity index (χ0v) is 11.0. The van der Waals surface area contributed by atoms with E-state index in [-0.39, 0.29) is 6.10 Å². The molecule has 0 fully saturated rings. The Morgan fingerprint density at radius 2 is 2.06 bits per heavy atom. The van der Waals surface area contributed by atoms with Crippen molar-refractivity contribution in [3.8, 4) is 0 Å². The molecule has 0 amide bonds. The van der Waals surface area contributed by atoms with Gasteiger partial charge in [0.2, 0.25) is 0 Å². The SMILES string of the molecule is CC(O)CC(C)CC1CCCc2ccccc21. The lowest BCUT2D eigenvalue weighted by Crippen LogP contribution is -2.15. The highest BCUT2D eigenvalue weighted by atomic mass is 16.3. The summed E-state index contributed by atoms with van der Waals surface area (Å²) in [6.07, 6.45) is 5.88. The monoisotopic (exact) mass is 232 g/mol. The third kappa shape index (κ3) is 3.32. The van der Waals surface area contributed by atoms with Crippen molar-refractivity contribution in [3.05, 3.63) is 35.4 Å². The number of hydrogen-bond acceptors (Lipinski definition) is 1. The Hall–Kier alpha value is -0.820. The third-order valence-electron chi connectivity index (χ3n) is 3.92. The Balaban J connectivity index is 2.03. The molecule has 1 aromatic carbocycles. The number of benzene rings is 1. The molecule has 0 saturated heterocycles. The average molecular weight is 232 g/mol. The number of rotatable bonds is 4. The van der Waals surface area contributed by atoms with Gasteiger partial charge in [-0.15, -0.1) is 0 Å². The number of aliphatic hydroxyl groups is 1. The van der Waals surface area contributed by atoms with Crippen LogP contribution in [0.5, 0.6) is 0 Å². The topological polar surface area (TPSA) is 20.2 Å². The Kier molecular flexibility index (Phi) is 4.22. The Labute approximate surface area is 105 Å². The molecule has 0 radical (unpaired) electrons. The first-order valence-corrected chi connectivity index (χ1v) is 6.92. The summed E-state index contributed by atoms with van der Waals surface area (Å²) in [7, 11) is 0. The Morgan fingerprint density at radius 1 is 1.29 bits per heavy atom. The number of aliphatic hydroxyl groups excluding tert-OH is 1. The largest absolute Gasteiger partial charge is 0.393 e. The molecule has 1 aromatic rings. The van der Waals surface area contributed by atoms with Crippen molar-refractivity contribution in [2.24, 2.45) is 5.92 Å². The van der Waals surface area contributed by atoms with Gasteiger partial charge in [-0.1, -0.05) is 31.2 Å². The van der Waals surface area contributed by atoms with Crippen molar-refractivity contribution in [1.29, 1.82) is 0 Å². The van der Waals surface area contributed by atoms with Gasteiger partial charge in [-0.05, 0) is 62.0 Å². The van der Waals surface area contributed by atoms with E-state index >= 15 is 0 Å². The van der Waals surface area contributed by atoms with E-state index in [1.165, 1.54) is 25.7 Å². The molecule has 0 spiro atoms. The van der Waals surface area contributed by atoms with Gasteiger partial charge in [-0.25, -0.2) is 0 Å². The molecule has 0 aromatic heterocycles. The second-order valence-electron chi connectivity index (χ2n) is 5.71. The van der Waals surface area contributed by atoms with Gasteiger partial charge in [0.1, 0.15) is 0 Å². The van der Waals surface area contributed by atoms with E-state index in [4.69, 9.17) is 0 Å². The van der Waals surface area contributed by atoms with Gasteiger partial charge in [0.05, 0.1) is 6.10 Å². The van der Waals surface area contributed by atoms with Crippen LogP contribution in [0.1, 0.15) is 56.6 Å². The van der Waals surface area contributed by atoms with Crippen LogP contribution >= 0.6 is 0 Å². The van der Waals surface area contributed by atoms with Crippen LogP contribution in [0.25, 0.3) is 0 Å². The summed E-state index contributed by atoms with van der Waals surface area (Å²) >= 11 is 0. The fraction of sp³-hybridized carbons (Fsp3) is 0.625. The molecular formula is C16H24O. The molecule has 2 rings (SSSR count). The van der Waals surface area contributed by atoms with Gasteiger partial charge in [0, 0.05) is 0 Å². The smallest absolute Gasteiger partial charge is 0.0514 e. The summed E-state index contributed by atoms with van der Waals surface area (Å²) in [5.74, 6) is 1.33. The zero-order valence-electron chi connectivity index (χ0n) is 11.0. The standard InChI is InChI=1S/C16H24O/c1-12(10-13(2)17)11-15-8-5-7-14-6-3-4-9-16(14)15/h3-4,6,9,12-13,15,17H,5,7-8,10-11H2,1-2H3. The molecule has 1 heteroatoms. The predicted molar refractivity (Wildman–Crippen MR) is 72.2 cm³/mol. The molecule has 17 heavy (non-hydrogen) atoms. The third-order valence-corrected chi connectivity index (χ3v) is 3.92. The zero-order chi connectivity index (χ0) is 12.3. The lowest BCUT2D eigenvalue weighted by molar-refractivity contribution is 0.159. The minimum Gasteiger partial charge on any atom is -0.393 e.